The molecule has 0 saturated heterocycles. The number of fused-ring (bicyclic) bond motifs is 1. The SMILES string of the molecule is COC(=O)c1cc(I)c2c(c1)NNC2Br. The van der Waals surface area contributed by atoms with E-state index in [1.54, 1.807) is 6.07 Å². The average Bonchev–Trinajstić information content (AvgIpc) is 2.59. The van der Waals surface area contributed by atoms with Crippen LogP contribution in [0.25, 0.3) is 0 Å². The van der Waals surface area contributed by atoms with Crippen LogP contribution in [0.3, 0.4) is 0 Å². The monoisotopic (exact) mass is 382 g/mol. The molecule has 0 aliphatic carbocycles. The van der Waals surface area contributed by atoms with Gasteiger partial charge >= 0.3 is 5.97 Å². The van der Waals surface area contributed by atoms with Crippen LogP contribution in [0.1, 0.15) is 20.9 Å². The van der Waals surface area contributed by atoms with Gasteiger partial charge in [-0.2, -0.15) is 0 Å². The third-order valence-corrected chi connectivity index (χ3v) is 3.72. The Morgan fingerprint density at radius 3 is 3.00 bits per heavy atom. The second-order valence-corrected chi connectivity index (χ2v) is 5.12. The number of anilines is 1. The number of hydrogen-bond donors (Lipinski definition) is 2. The molecule has 15 heavy (non-hydrogen) atoms. The number of methoxy groups -OCH3 is 1. The molecule has 0 aromatic heterocycles. The first-order chi connectivity index (χ1) is 7.13. The Labute approximate surface area is 109 Å². The molecule has 1 atom stereocenters. The number of carbonyl (C=O) groups is 1. The highest BCUT2D eigenvalue weighted by Gasteiger charge is 2.23. The van der Waals surface area contributed by atoms with Gasteiger partial charge in [0.25, 0.3) is 0 Å². The molecule has 0 spiro atoms. The highest BCUT2D eigenvalue weighted by Crippen LogP contribution is 2.36. The van der Waals surface area contributed by atoms with E-state index in [4.69, 9.17) is 0 Å². The maximum Gasteiger partial charge on any atom is 0.337 e. The summed E-state index contributed by atoms with van der Waals surface area (Å²) in [5, 5.41) is 0. The lowest BCUT2D eigenvalue weighted by Gasteiger charge is -2.06. The van der Waals surface area contributed by atoms with E-state index in [0.717, 1.165) is 14.8 Å². The number of esters is 1. The fourth-order valence-electron chi connectivity index (χ4n) is 1.43. The van der Waals surface area contributed by atoms with Crippen LogP contribution >= 0.6 is 38.5 Å². The van der Waals surface area contributed by atoms with Crippen molar-refractivity contribution in [3.8, 4) is 0 Å². The van der Waals surface area contributed by atoms with Gasteiger partial charge in [-0.05, 0) is 34.7 Å². The molecular weight excluding hydrogens is 375 g/mol. The molecule has 0 saturated carbocycles. The normalized spacial score (nSPS) is 18.2. The first kappa shape index (κ1) is 11.2. The molecule has 0 radical (unpaired) electrons. The Balaban J connectivity index is 2.49. The van der Waals surface area contributed by atoms with Gasteiger partial charge in [-0.3, -0.25) is 0 Å². The number of ether oxygens (including phenoxy) is 1. The third kappa shape index (κ3) is 1.98. The summed E-state index contributed by atoms with van der Waals surface area (Å²) in [7, 11) is 1.38. The van der Waals surface area contributed by atoms with E-state index in [9.17, 15) is 4.79 Å². The molecule has 80 valence electrons. The van der Waals surface area contributed by atoms with Gasteiger partial charge in [-0.25, -0.2) is 10.2 Å². The first-order valence-electron chi connectivity index (χ1n) is 4.21. The van der Waals surface area contributed by atoms with Crippen molar-refractivity contribution in [1.29, 1.82) is 0 Å². The highest BCUT2D eigenvalue weighted by atomic mass is 127. The Hall–Kier alpha value is -0.340. The fraction of sp³-hybridized carbons (Fsp3) is 0.222. The molecular formula is C9H8BrIN2O2. The first-order valence-corrected chi connectivity index (χ1v) is 6.20. The molecule has 1 aromatic carbocycles. The quantitative estimate of drug-likeness (QED) is 0.339. The number of hydrazine groups is 1. The smallest absolute Gasteiger partial charge is 0.337 e. The van der Waals surface area contributed by atoms with Crippen molar-refractivity contribution < 1.29 is 9.53 Å². The number of halogens is 2. The predicted octanol–water partition coefficient (Wildman–Crippen LogP) is 2.40. The van der Waals surface area contributed by atoms with Crippen molar-refractivity contribution in [2.75, 3.05) is 12.5 Å². The summed E-state index contributed by atoms with van der Waals surface area (Å²) >= 11 is 5.67. The van der Waals surface area contributed by atoms with Gasteiger partial charge in [0.1, 0.15) is 4.95 Å². The van der Waals surface area contributed by atoms with E-state index in [1.807, 2.05) is 6.07 Å². The number of hydrogen-bond acceptors (Lipinski definition) is 4. The minimum Gasteiger partial charge on any atom is -0.465 e. The third-order valence-electron chi connectivity index (χ3n) is 2.14. The van der Waals surface area contributed by atoms with Crippen molar-refractivity contribution in [1.82, 2.24) is 5.43 Å². The number of benzene rings is 1. The van der Waals surface area contributed by atoms with E-state index in [1.165, 1.54) is 7.11 Å². The minimum atomic E-state index is -0.324. The summed E-state index contributed by atoms with van der Waals surface area (Å²) in [6.07, 6.45) is 0. The molecule has 6 heteroatoms. The Morgan fingerprint density at radius 2 is 2.33 bits per heavy atom. The number of alkyl halides is 1. The second-order valence-electron chi connectivity index (χ2n) is 3.04. The van der Waals surface area contributed by atoms with Crippen LogP contribution in [0.5, 0.6) is 0 Å². The second kappa shape index (κ2) is 4.26. The highest BCUT2D eigenvalue weighted by molar-refractivity contribution is 14.1. The molecule has 0 bridgehead atoms. The molecule has 1 unspecified atom stereocenters. The van der Waals surface area contributed by atoms with Gasteiger partial charge in [-0.1, -0.05) is 15.9 Å². The zero-order valence-electron chi connectivity index (χ0n) is 7.80. The fourth-order valence-corrected chi connectivity index (χ4v) is 3.40. The molecule has 4 nitrogen and oxygen atoms in total. The summed E-state index contributed by atoms with van der Waals surface area (Å²) in [6.45, 7) is 0. The van der Waals surface area contributed by atoms with E-state index in [-0.39, 0.29) is 10.9 Å². The molecule has 1 heterocycles. The Morgan fingerprint density at radius 1 is 1.60 bits per heavy atom. The van der Waals surface area contributed by atoms with Gasteiger partial charge in [-0.15, -0.1) is 0 Å². The average molecular weight is 383 g/mol. The molecule has 0 amide bonds. The summed E-state index contributed by atoms with van der Waals surface area (Å²) < 4.78 is 5.69. The van der Waals surface area contributed by atoms with Gasteiger partial charge < -0.3 is 10.2 Å². The lowest BCUT2D eigenvalue weighted by atomic mass is 10.1. The molecule has 1 aromatic rings. The maximum absolute atomic E-state index is 11.4. The number of carbonyl (C=O) groups excluding carboxylic acids is 1. The van der Waals surface area contributed by atoms with Crippen molar-refractivity contribution >= 4 is 50.2 Å². The van der Waals surface area contributed by atoms with Crippen LogP contribution in [0, 0.1) is 3.57 Å². The zero-order valence-corrected chi connectivity index (χ0v) is 11.5. The van der Waals surface area contributed by atoms with Crippen molar-refractivity contribution in [3.05, 3.63) is 26.8 Å². The largest absolute Gasteiger partial charge is 0.465 e. The standard InChI is InChI=1S/C9H8BrIN2O2/c1-15-9(14)4-2-5(11)7-6(3-4)12-13-8(7)10/h2-3,8,12-13H,1H3. The van der Waals surface area contributed by atoms with Crippen molar-refractivity contribution in [2.45, 2.75) is 4.95 Å². The van der Waals surface area contributed by atoms with Gasteiger partial charge in [0.05, 0.1) is 18.4 Å². The van der Waals surface area contributed by atoms with Gasteiger partial charge in [0.2, 0.25) is 0 Å². The van der Waals surface area contributed by atoms with E-state index < -0.39 is 0 Å². The van der Waals surface area contributed by atoms with Crippen LogP contribution in [0.2, 0.25) is 0 Å². The maximum atomic E-state index is 11.4. The van der Waals surface area contributed by atoms with Gasteiger partial charge in [0, 0.05) is 9.13 Å². The topological polar surface area (TPSA) is 50.4 Å². The zero-order chi connectivity index (χ0) is 11.0. The van der Waals surface area contributed by atoms with Crippen LogP contribution in [0.4, 0.5) is 5.69 Å². The lowest BCUT2D eigenvalue weighted by Crippen LogP contribution is -2.13. The van der Waals surface area contributed by atoms with Crippen molar-refractivity contribution in [3.63, 3.8) is 0 Å². The summed E-state index contributed by atoms with van der Waals surface area (Å²) in [5.41, 5.74) is 8.59. The summed E-state index contributed by atoms with van der Waals surface area (Å²) in [6, 6.07) is 3.59. The van der Waals surface area contributed by atoms with E-state index in [2.05, 4.69) is 54.1 Å². The predicted molar refractivity (Wildman–Crippen MR) is 68.9 cm³/mol. The van der Waals surface area contributed by atoms with Gasteiger partial charge in [0.15, 0.2) is 0 Å². The van der Waals surface area contributed by atoms with Crippen molar-refractivity contribution in [2.24, 2.45) is 0 Å². The molecule has 2 N–H and O–H groups in total. The van der Waals surface area contributed by atoms with E-state index in [0.29, 0.717) is 5.56 Å². The summed E-state index contributed by atoms with van der Waals surface area (Å²) in [4.78, 5) is 11.4. The van der Waals surface area contributed by atoms with Crippen LogP contribution in [-0.2, 0) is 4.74 Å². The molecule has 1 aliphatic rings. The van der Waals surface area contributed by atoms with Crippen LogP contribution in [0.15, 0.2) is 12.1 Å². The van der Waals surface area contributed by atoms with E-state index >= 15 is 0 Å². The van der Waals surface area contributed by atoms with Crippen LogP contribution in [-0.4, -0.2) is 13.1 Å². The number of rotatable bonds is 1. The Kier molecular flexibility index (Phi) is 3.17. The Bertz CT molecular complexity index is 425. The minimum absolute atomic E-state index is 0.0751. The summed E-state index contributed by atoms with van der Waals surface area (Å²) in [5.74, 6) is -0.324. The van der Waals surface area contributed by atoms with Crippen LogP contribution < -0.4 is 10.9 Å². The number of nitrogens with one attached hydrogen (secondary N) is 2. The molecule has 1 aliphatic heterocycles. The lowest BCUT2D eigenvalue weighted by molar-refractivity contribution is 0.0600. The molecule has 2 rings (SSSR count). The molecule has 0 fully saturated rings.